The maximum atomic E-state index is 9.02. The van der Waals surface area contributed by atoms with Crippen LogP contribution in [0.5, 0.6) is 0 Å². The van der Waals surface area contributed by atoms with E-state index >= 15 is 0 Å². The van der Waals surface area contributed by atoms with Crippen LogP contribution in [0.1, 0.15) is 24.5 Å². The highest BCUT2D eigenvalue weighted by Gasteiger charge is 2.00. The van der Waals surface area contributed by atoms with Gasteiger partial charge in [0, 0.05) is 4.47 Å². The topological polar surface area (TPSA) is 20.2 Å². The molecule has 0 atom stereocenters. The zero-order chi connectivity index (χ0) is 8.97. The average molecular weight is 229 g/mol. The molecule has 0 aliphatic heterocycles. The van der Waals surface area contributed by atoms with Crippen LogP contribution in [0, 0.1) is 0 Å². The van der Waals surface area contributed by atoms with E-state index in [1.54, 1.807) is 0 Å². The van der Waals surface area contributed by atoms with Crippen molar-refractivity contribution in [2.45, 2.75) is 26.4 Å². The van der Waals surface area contributed by atoms with Crippen molar-refractivity contribution < 1.29 is 5.11 Å². The number of halogens is 1. The molecule has 0 spiro atoms. The van der Waals surface area contributed by atoms with Crippen molar-refractivity contribution >= 4 is 15.9 Å². The Bertz CT molecular complexity index is 258. The first kappa shape index (κ1) is 9.75. The van der Waals surface area contributed by atoms with Crippen molar-refractivity contribution in [2.24, 2.45) is 0 Å². The van der Waals surface area contributed by atoms with Crippen LogP contribution in [0.15, 0.2) is 22.7 Å². The quantitative estimate of drug-likeness (QED) is 0.844. The van der Waals surface area contributed by atoms with Crippen LogP contribution in [0.3, 0.4) is 0 Å². The molecule has 0 heterocycles. The van der Waals surface area contributed by atoms with Crippen LogP contribution >= 0.6 is 15.9 Å². The number of hydrogen-bond donors (Lipinski definition) is 1. The number of rotatable bonds is 3. The third kappa shape index (κ3) is 2.32. The van der Waals surface area contributed by atoms with Gasteiger partial charge in [0.1, 0.15) is 0 Å². The summed E-state index contributed by atoms with van der Waals surface area (Å²) in [6.45, 7) is 2.28. The molecule has 1 aromatic carbocycles. The Balaban J connectivity index is 2.95. The third-order valence-corrected chi connectivity index (χ3v) is 2.35. The van der Waals surface area contributed by atoms with Crippen molar-refractivity contribution in [3.8, 4) is 0 Å². The van der Waals surface area contributed by atoms with Gasteiger partial charge in [-0.1, -0.05) is 35.3 Å². The summed E-state index contributed by atoms with van der Waals surface area (Å²) >= 11 is 3.41. The van der Waals surface area contributed by atoms with E-state index in [4.69, 9.17) is 5.11 Å². The van der Waals surface area contributed by atoms with Crippen LogP contribution in [0.2, 0.25) is 0 Å². The Morgan fingerprint density at radius 1 is 1.33 bits per heavy atom. The molecule has 1 aromatic rings. The Kier molecular flexibility index (Phi) is 3.76. The largest absolute Gasteiger partial charge is 0.392 e. The zero-order valence-corrected chi connectivity index (χ0v) is 8.76. The SMILES string of the molecule is CCCc1cc(Br)ccc1CO. The van der Waals surface area contributed by atoms with Crippen molar-refractivity contribution in [3.05, 3.63) is 33.8 Å². The molecular weight excluding hydrogens is 216 g/mol. The number of hydrogen-bond acceptors (Lipinski definition) is 1. The molecule has 66 valence electrons. The maximum Gasteiger partial charge on any atom is 0.0684 e. The number of aliphatic hydroxyl groups is 1. The van der Waals surface area contributed by atoms with Gasteiger partial charge in [-0.3, -0.25) is 0 Å². The molecule has 0 saturated heterocycles. The first-order chi connectivity index (χ1) is 5.77. The predicted molar refractivity (Wildman–Crippen MR) is 54.1 cm³/mol. The standard InChI is InChI=1S/C10H13BrO/c1-2-3-8-6-10(11)5-4-9(8)7-12/h4-6,12H,2-3,7H2,1H3. The highest BCUT2D eigenvalue weighted by atomic mass is 79.9. The molecule has 1 N–H and O–H groups in total. The van der Waals surface area contributed by atoms with Crippen molar-refractivity contribution in [2.75, 3.05) is 0 Å². The van der Waals surface area contributed by atoms with E-state index in [0.29, 0.717) is 0 Å². The molecule has 0 saturated carbocycles. The van der Waals surface area contributed by atoms with Crippen molar-refractivity contribution in [1.29, 1.82) is 0 Å². The molecule has 0 aliphatic carbocycles. The molecular formula is C10H13BrO. The molecule has 0 radical (unpaired) electrons. The van der Waals surface area contributed by atoms with Gasteiger partial charge >= 0.3 is 0 Å². The molecule has 12 heavy (non-hydrogen) atoms. The van der Waals surface area contributed by atoms with Gasteiger partial charge in [-0.15, -0.1) is 0 Å². The highest BCUT2D eigenvalue weighted by molar-refractivity contribution is 9.10. The molecule has 0 fully saturated rings. The molecule has 0 unspecified atom stereocenters. The van der Waals surface area contributed by atoms with E-state index in [0.717, 1.165) is 22.9 Å². The van der Waals surface area contributed by atoms with Crippen LogP contribution in [-0.4, -0.2) is 5.11 Å². The molecule has 0 aliphatic rings. The Morgan fingerprint density at radius 2 is 2.08 bits per heavy atom. The first-order valence-electron chi connectivity index (χ1n) is 4.16. The Labute approximate surface area is 81.6 Å². The smallest absolute Gasteiger partial charge is 0.0684 e. The second-order valence-corrected chi connectivity index (χ2v) is 3.74. The zero-order valence-electron chi connectivity index (χ0n) is 7.18. The van der Waals surface area contributed by atoms with Crippen LogP contribution < -0.4 is 0 Å². The average Bonchev–Trinajstić information content (AvgIpc) is 2.05. The fourth-order valence-corrected chi connectivity index (χ4v) is 1.66. The van der Waals surface area contributed by atoms with Gasteiger partial charge in [0.25, 0.3) is 0 Å². The lowest BCUT2D eigenvalue weighted by Gasteiger charge is -2.05. The van der Waals surface area contributed by atoms with Gasteiger partial charge in [0.2, 0.25) is 0 Å². The summed E-state index contributed by atoms with van der Waals surface area (Å²) in [5, 5.41) is 9.02. The van der Waals surface area contributed by atoms with Gasteiger partial charge in [0.15, 0.2) is 0 Å². The summed E-state index contributed by atoms with van der Waals surface area (Å²) in [5.74, 6) is 0. The lowest BCUT2D eigenvalue weighted by Crippen LogP contribution is -1.93. The number of aliphatic hydroxyl groups excluding tert-OH is 1. The lowest BCUT2D eigenvalue weighted by molar-refractivity contribution is 0.280. The second kappa shape index (κ2) is 4.63. The minimum atomic E-state index is 0.141. The van der Waals surface area contributed by atoms with E-state index in [1.807, 2.05) is 12.1 Å². The van der Waals surface area contributed by atoms with E-state index in [9.17, 15) is 0 Å². The summed E-state index contributed by atoms with van der Waals surface area (Å²) in [6, 6.07) is 6.01. The van der Waals surface area contributed by atoms with Gasteiger partial charge in [-0.05, 0) is 29.7 Å². The summed E-state index contributed by atoms with van der Waals surface area (Å²) in [6.07, 6.45) is 2.15. The first-order valence-corrected chi connectivity index (χ1v) is 4.95. The monoisotopic (exact) mass is 228 g/mol. The molecule has 2 heteroatoms. The predicted octanol–water partition coefficient (Wildman–Crippen LogP) is 2.89. The van der Waals surface area contributed by atoms with E-state index in [1.165, 1.54) is 5.56 Å². The summed E-state index contributed by atoms with van der Waals surface area (Å²) in [4.78, 5) is 0. The summed E-state index contributed by atoms with van der Waals surface area (Å²) < 4.78 is 1.09. The van der Waals surface area contributed by atoms with Crippen molar-refractivity contribution in [1.82, 2.24) is 0 Å². The Hall–Kier alpha value is -0.340. The van der Waals surface area contributed by atoms with E-state index in [-0.39, 0.29) is 6.61 Å². The van der Waals surface area contributed by atoms with Gasteiger partial charge in [-0.2, -0.15) is 0 Å². The second-order valence-electron chi connectivity index (χ2n) is 2.82. The fourth-order valence-electron chi connectivity index (χ4n) is 1.25. The highest BCUT2D eigenvalue weighted by Crippen LogP contribution is 2.18. The molecule has 0 aromatic heterocycles. The summed E-state index contributed by atoms with van der Waals surface area (Å²) in [7, 11) is 0. The molecule has 1 nitrogen and oxygen atoms in total. The normalized spacial score (nSPS) is 10.2. The fraction of sp³-hybridized carbons (Fsp3) is 0.400. The van der Waals surface area contributed by atoms with Crippen LogP contribution in [0.4, 0.5) is 0 Å². The summed E-state index contributed by atoms with van der Waals surface area (Å²) in [5.41, 5.74) is 2.29. The van der Waals surface area contributed by atoms with Gasteiger partial charge in [0.05, 0.1) is 6.61 Å². The Morgan fingerprint density at radius 3 is 2.67 bits per heavy atom. The minimum Gasteiger partial charge on any atom is -0.392 e. The lowest BCUT2D eigenvalue weighted by atomic mass is 10.0. The van der Waals surface area contributed by atoms with Crippen molar-refractivity contribution in [3.63, 3.8) is 0 Å². The molecule has 1 rings (SSSR count). The molecule has 0 amide bonds. The maximum absolute atomic E-state index is 9.02. The van der Waals surface area contributed by atoms with Gasteiger partial charge in [-0.25, -0.2) is 0 Å². The molecule has 0 bridgehead atoms. The van der Waals surface area contributed by atoms with Crippen LogP contribution in [0.25, 0.3) is 0 Å². The van der Waals surface area contributed by atoms with Gasteiger partial charge < -0.3 is 5.11 Å². The minimum absolute atomic E-state index is 0.141. The van der Waals surface area contributed by atoms with Crippen LogP contribution in [-0.2, 0) is 13.0 Å². The third-order valence-electron chi connectivity index (χ3n) is 1.86. The number of aryl methyl sites for hydroxylation is 1. The van der Waals surface area contributed by atoms with E-state index < -0.39 is 0 Å². The van der Waals surface area contributed by atoms with E-state index in [2.05, 4.69) is 28.9 Å². The number of benzene rings is 1.